The van der Waals surface area contributed by atoms with Crippen LogP contribution in [0.2, 0.25) is 0 Å². The second kappa shape index (κ2) is 5.89. The van der Waals surface area contributed by atoms with E-state index in [1.165, 1.54) is 18.1 Å². The number of rotatable bonds is 6. The molecule has 1 rings (SSSR count). The maximum atomic E-state index is 13.4. The Hall–Kier alpha value is -2.51. The lowest BCUT2D eigenvalue weighted by molar-refractivity contribution is -0.117. The van der Waals surface area contributed by atoms with Crippen LogP contribution < -0.4 is 26.8 Å². The molecule has 0 aliphatic heterocycles. The molecule has 0 aromatic heterocycles. The predicted molar refractivity (Wildman–Crippen MR) is 68.0 cm³/mol. The van der Waals surface area contributed by atoms with Crippen LogP contribution >= 0.6 is 0 Å². The Bertz CT molecular complexity index is 491. The average molecular weight is 270 g/mol. The topological polar surface area (TPSA) is 125 Å². The highest BCUT2D eigenvalue weighted by Gasteiger charge is 2.17. The van der Waals surface area contributed by atoms with Crippen molar-refractivity contribution < 1.29 is 18.7 Å². The van der Waals surface area contributed by atoms with E-state index in [0.717, 1.165) is 6.07 Å². The fourth-order valence-electron chi connectivity index (χ4n) is 1.59. The number of primary amides is 2. The van der Waals surface area contributed by atoms with E-state index in [2.05, 4.69) is 0 Å². The number of carbonyl (C=O) groups excluding carboxylic acids is 2. The molecular formula is C11H15FN4O3. The van der Waals surface area contributed by atoms with Crippen molar-refractivity contribution in [3.8, 4) is 5.75 Å². The van der Waals surface area contributed by atoms with E-state index in [9.17, 15) is 14.0 Å². The third-order valence-corrected chi connectivity index (χ3v) is 2.34. The summed E-state index contributed by atoms with van der Waals surface area (Å²) in [5.41, 5.74) is 16.1. The molecule has 0 atom stereocenters. The van der Waals surface area contributed by atoms with Gasteiger partial charge in [-0.05, 0) is 0 Å². The van der Waals surface area contributed by atoms with E-state index in [0.29, 0.717) is 0 Å². The van der Waals surface area contributed by atoms with Gasteiger partial charge in [-0.25, -0.2) is 4.39 Å². The third-order valence-electron chi connectivity index (χ3n) is 2.34. The minimum Gasteiger partial charge on any atom is -0.494 e. The number of ether oxygens (including phenoxy) is 1. The molecule has 0 saturated carbocycles. The van der Waals surface area contributed by atoms with Gasteiger partial charge in [0.1, 0.15) is 0 Å². The fraction of sp³-hybridized carbons (Fsp3) is 0.273. The van der Waals surface area contributed by atoms with Crippen LogP contribution in [0.1, 0.15) is 0 Å². The Morgan fingerprint density at radius 1 is 1.26 bits per heavy atom. The Kier molecular flexibility index (Phi) is 4.51. The van der Waals surface area contributed by atoms with Gasteiger partial charge in [-0.1, -0.05) is 0 Å². The van der Waals surface area contributed by atoms with E-state index < -0.39 is 17.6 Å². The second-order valence-electron chi connectivity index (χ2n) is 3.83. The molecule has 6 N–H and O–H groups in total. The van der Waals surface area contributed by atoms with Crippen molar-refractivity contribution in [3.63, 3.8) is 0 Å². The minimum atomic E-state index is -0.677. The van der Waals surface area contributed by atoms with Crippen LogP contribution in [-0.2, 0) is 9.59 Å². The lowest BCUT2D eigenvalue weighted by atomic mass is 10.2. The van der Waals surface area contributed by atoms with E-state index in [4.69, 9.17) is 21.9 Å². The van der Waals surface area contributed by atoms with Gasteiger partial charge >= 0.3 is 0 Å². The van der Waals surface area contributed by atoms with E-state index in [1.54, 1.807) is 0 Å². The zero-order valence-corrected chi connectivity index (χ0v) is 10.4. The number of anilines is 2. The summed E-state index contributed by atoms with van der Waals surface area (Å²) in [5, 5.41) is 0. The molecule has 0 aliphatic carbocycles. The first-order valence-electron chi connectivity index (χ1n) is 5.29. The van der Waals surface area contributed by atoms with Crippen molar-refractivity contribution in [1.82, 2.24) is 0 Å². The number of halogens is 1. The van der Waals surface area contributed by atoms with E-state index >= 15 is 0 Å². The summed E-state index contributed by atoms with van der Waals surface area (Å²) in [5.74, 6) is -2.07. The highest BCUT2D eigenvalue weighted by molar-refractivity contribution is 5.87. The van der Waals surface area contributed by atoms with Crippen molar-refractivity contribution in [1.29, 1.82) is 0 Å². The standard InChI is InChI=1S/C11H15FN4O3/c1-19-9-3-8(7(13)2-6(9)12)16(4-10(14)17)5-11(15)18/h2-3H,4-5,13H2,1H3,(H2,14,17)(H2,15,18). The Morgan fingerprint density at radius 3 is 2.21 bits per heavy atom. The normalized spacial score (nSPS) is 10.0. The number of amides is 2. The first kappa shape index (κ1) is 14.6. The van der Waals surface area contributed by atoms with Crippen molar-refractivity contribution in [2.45, 2.75) is 0 Å². The second-order valence-corrected chi connectivity index (χ2v) is 3.83. The van der Waals surface area contributed by atoms with Gasteiger partial charge in [0, 0.05) is 12.1 Å². The zero-order valence-electron chi connectivity index (χ0n) is 10.4. The lowest BCUT2D eigenvalue weighted by Crippen LogP contribution is -2.40. The van der Waals surface area contributed by atoms with Crippen LogP contribution in [0.3, 0.4) is 0 Å². The molecule has 0 unspecified atom stereocenters. The number of benzene rings is 1. The molecule has 0 fully saturated rings. The molecule has 104 valence electrons. The molecule has 0 radical (unpaired) electrons. The molecule has 19 heavy (non-hydrogen) atoms. The molecule has 0 heterocycles. The maximum absolute atomic E-state index is 13.4. The van der Waals surface area contributed by atoms with Crippen molar-refractivity contribution in [2.24, 2.45) is 11.5 Å². The Balaban J connectivity index is 3.20. The van der Waals surface area contributed by atoms with Gasteiger partial charge in [0.2, 0.25) is 11.8 Å². The summed E-state index contributed by atoms with van der Waals surface area (Å²) >= 11 is 0. The molecule has 0 saturated heterocycles. The van der Waals surface area contributed by atoms with Crippen LogP contribution in [0.25, 0.3) is 0 Å². The average Bonchev–Trinajstić information content (AvgIpc) is 2.27. The molecule has 2 amide bonds. The third kappa shape index (κ3) is 3.73. The molecular weight excluding hydrogens is 255 g/mol. The van der Waals surface area contributed by atoms with Crippen molar-refractivity contribution in [3.05, 3.63) is 17.9 Å². The number of nitrogen functional groups attached to an aromatic ring is 1. The summed E-state index contributed by atoms with van der Waals surface area (Å²) in [4.78, 5) is 23.2. The summed E-state index contributed by atoms with van der Waals surface area (Å²) < 4.78 is 18.2. The monoisotopic (exact) mass is 270 g/mol. The van der Waals surface area contributed by atoms with Crippen LogP contribution in [0.15, 0.2) is 12.1 Å². The Labute approximate surface area is 109 Å². The summed E-state index contributed by atoms with van der Waals surface area (Å²) in [7, 11) is 1.28. The Morgan fingerprint density at radius 2 is 1.79 bits per heavy atom. The van der Waals surface area contributed by atoms with Gasteiger partial charge in [0.15, 0.2) is 11.6 Å². The summed E-state index contributed by atoms with van der Waals surface area (Å²) in [6.07, 6.45) is 0. The molecule has 1 aromatic carbocycles. The molecule has 0 bridgehead atoms. The van der Waals surface area contributed by atoms with Crippen LogP contribution in [0.5, 0.6) is 5.75 Å². The highest BCUT2D eigenvalue weighted by Crippen LogP contribution is 2.30. The maximum Gasteiger partial charge on any atom is 0.236 e. The zero-order chi connectivity index (χ0) is 14.6. The number of nitrogens with two attached hydrogens (primary N) is 3. The minimum absolute atomic E-state index is 0.0424. The smallest absolute Gasteiger partial charge is 0.236 e. The molecule has 0 spiro atoms. The summed E-state index contributed by atoms with van der Waals surface area (Å²) in [6, 6.07) is 2.31. The van der Waals surface area contributed by atoms with Crippen molar-refractivity contribution in [2.75, 3.05) is 30.8 Å². The molecule has 1 aromatic rings. The van der Waals surface area contributed by atoms with E-state index in [1.807, 2.05) is 0 Å². The van der Waals surface area contributed by atoms with Crippen LogP contribution in [0.4, 0.5) is 15.8 Å². The summed E-state index contributed by atoms with van der Waals surface area (Å²) in [6.45, 7) is -0.552. The largest absolute Gasteiger partial charge is 0.494 e. The number of carbonyl (C=O) groups is 2. The van der Waals surface area contributed by atoms with Gasteiger partial charge in [0.25, 0.3) is 0 Å². The molecule has 8 heteroatoms. The van der Waals surface area contributed by atoms with Gasteiger partial charge in [-0.2, -0.15) is 0 Å². The number of hydrogen-bond donors (Lipinski definition) is 3. The highest BCUT2D eigenvalue weighted by atomic mass is 19.1. The van der Waals surface area contributed by atoms with Gasteiger partial charge in [-0.15, -0.1) is 0 Å². The molecule has 7 nitrogen and oxygen atoms in total. The van der Waals surface area contributed by atoms with Gasteiger partial charge in [0.05, 0.1) is 31.6 Å². The number of nitrogens with zero attached hydrogens (tertiary/aromatic N) is 1. The predicted octanol–water partition coefficient (Wildman–Crippen LogP) is -0.806. The van der Waals surface area contributed by atoms with Crippen LogP contribution in [0, 0.1) is 5.82 Å². The van der Waals surface area contributed by atoms with E-state index in [-0.39, 0.29) is 30.2 Å². The first-order chi connectivity index (χ1) is 8.85. The first-order valence-corrected chi connectivity index (χ1v) is 5.29. The molecule has 0 aliphatic rings. The SMILES string of the molecule is COc1cc(N(CC(N)=O)CC(N)=O)c(N)cc1F. The number of hydrogen-bond acceptors (Lipinski definition) is 5. The van der Waals surface area contributed by atoms with Gasteiger partial charge < -0.3 is 26.8 Å². The fourth-order valence-corrected chi connectivity index (χ4v) is 1.59. The van der Waals surface area contributed by atoms with Crippen LogP contribution in [-0.4, -0.2) is 32.0 Å². The van der Waals surface area contributed by atoms with Crippen molar-refractivity contribution >= 4 is 23.2 Å². The lowest BCUT2D eigenvalue weighted by Gasteiger charge is -2.23. The quantitative estimate of drug-likeness (QED) is 0.583. The number of methoxy groups -OCH3 is 1. The van der Waals surface area contributed by atoms with Gasteiger partial charge in [-0.3, -0.25) is 9.59 Å².